The third-order valence-corrected chi connectivity index (χ3v) is 5.17. The quantitative estimate of drug-likeness (QED) is 0.830. The summed E-state index contributed by atoms with van der Waals surface area (Å²) in [7, 11) is 0. The van der Waals surface area contributed by atoms with Gasteiger partial charge >= 0.3 is 5.97 Å². The minimum Gasteiger partial charge on any atom is -0.477 e. The van der Waals surface area contributed by atoms with E-state index in [4.69, 9.17) is 5.11 Å². The number of aryl methyl sites for hydroxylation is 1. The van der Waals surface area contributed by atoms with Crippen molar-refractivity contribution in [2.45, 2.75) is 26.3 Å². The van der Waals surface area contributed by atoms with Crippen LogP contribution in [0.25, 0.3) is 0 Å². The Bertz CT molecular complexity index is 715. The lowest BCUT2D eigenvalue weighted by molar-refractivity contribution is -0.121. The molecule has 1 atom stereocenters. The summed E-state index contributed by atoms with van der Waals surface area (Å²) >= 11 is 4.50. The van der Waals surface area contributed by atoms with Crippen LogP contribution < -0.4 is 5.32 Å². The summed E-state index contributed by atoms with van der Waals surface area (Å²) in [5.74, 6) is -1.13. The first kappa shape index (κ1) is 16.6. The number of aromatic nitrogens is 1. The van der Waals surface area contributed by atoms with Gasteiger partial charge in [-0.25, -0.2) is 9.78 Å². The zero-order valence-corrected chi connectivity index (χ0v) is 14.5. The second-order valence-electron chi connectivity index (χ2n) is 4.83. The Hall–Kier alpha value is -1.73. The number of nitrogens with one attached hydrogen (secondary N) is 1. The highest BCUT2D eigenvalue weighted by atomic mass is 79.9. The first-order valence-corrected chi connectivity index (χ1v) is 8.22. The van der Waals surface area contributed by atoms with Crippen LogP contribution in [0.3, 0.4) is 0 Å². The van der Waals surface area contributed by atoms with Crippen molar-refractivity contribution in [2.75, 3.05) is 0 Å². The van der Waals surface area contributed by atoms with Gasteiger partial charge in [0.25, 0.3) is 0 Å². The molecule has 1 heterocycles. The molecule has 0 radical (unpaired) electrons. The number of thiazole rings is 1. The van der Waals surface area contributed by atoms with Crippen molar-refractivity contribution in [2.24, 2.45) is 0 Å². The molecule has 1 unspecified atom stereocenters. The summed E-state index contributed by atoms with van der Waals surface area (Å²) < 4.78 is 0.885. The first-order valence-electron chi connectivity index (χ1n) is 6.62. The normalized spacial score (nSPS) is 12.0. The lowest BCUT2D eigenvalue weighted by Gasteiger charge is -2.11. The van der Waals surface area contributed by atoms with E-state index in [1.54, 1.807) is 13.8 Å². The Labute approximate surface area is 140 Å². The number of carboxylic acid groups (broad SMARTS) is 1. The van der Waals surface area contributed by atoms with Crippen LogP contribution in [-0.4, -0.2) is 22.0 Å². The first-order chi connectivity index (χ1) is 10.4. The maximum absolute atomic E-state index is 12.1. The van der Waals surface area contributed by atoms with Crippen LogP contribution in [-0.2, 0) is 11.2 Å². The van der Waals surface area contributed by atoms with Gasteiger partial charge < -0.3 is 10.4 Å². The van der Waals surface area contributed by atoms with E-state index in [0.29, 0.717) is 10.7 Å². The van der Waals surface area contributed by atoms with E-state index >= 15 is 0 Å². The molecule has 0 spiro atoms. The number of benzene rings is 1. The summed E-state index contributed by atoms with van der Waals surface area (Å²) in [5.41, 5.74) is 1.37. The van der Waals surface area contributed by atoms with Crippen molar-refractivity contribution in [1.29, 1.82) is 0 Å². The van der Waals surface area contributed by atoms with Gasteiger partial charge in [0.2, 0.25) is 5.91 Å². The van der Waals surface area contributed by atoms with Crippen molar-refractivity contribution in [1.82, 2.24) is 10.3 Å². The standard InChI is InChI=1S/C15H15BrN2O3S/c1-8-13(15(20)21)22-14(18-8)9(2)17-12(19)7-10-5-3-4-6-11(10)16/h3-6,9H,7H2,1-2H3,(H,17,19)(H,20,21). The number of hydrogen-bond donors (Lipinski definition) is 2. The van der Waals surface area contributed by atoms with Gasteiger partial charge in [-0.3, -0.25) is 4.79 Å². The molecule has 2 aromatic rings. The molecule has 116 valence electrons. The molecule has 1 amide bonds. The van der Waals surface area contributed by atoms with Crippen molar-refractivity contribution >= 4 is 39.1 Å². The second kappa shape index (κ2) is 7.02. The van der Waals surface area contributed by atoms with Gasteiger partial charge in [-0.2, -0.15) is 0 Å². The molecular formula is C15H15BrN2O3S. The second-order valence-corrected chi connectivity index (χ2v) is 6.71. The van der Waals surface area contributed by atoms with Crippen molar-refractivity contribution < 1.29 is 14.7 Å². The summed E-state index contributed by atoms with van der Waals surface area (Å²) in [6.45, 7) is 3.45. The maximum Gasteiger partial charge on any atom is 0.347 e. The van der Waals surface area contributed by atoms with Gasteiger partial charge in [0.05, 0.1) is 18.2 Å². The number of nitrogens with zero attached hydrogens (tertiary/aromatic N) is 1. The van der Waals surface area contributed by atoms with Crippen molar-refractivity contribution in [3.8, 4) is 0 Å². The van der Waals surface area contributed by atoms with Crippen molar-refractivity contribution in [3.63, 3.8) is 0 Å². The fraction of sp³-hybridized carbons (Fsp3) is 0.267. The van der Waals surface area contributed by atoms with Gasteiger partial charge in [-0.15, -0.1) is 11.3 Å². The van der Waals surface area contributed by atoms with Gasteiger partial charge in [0.1, 0.15) is 9.88 Å². The van der Waals surface area contributed by atoms with Crippen LogP contribution in [0.4, 0.5) is 0 Å². The average molecular weight is 383 g/mol. The van der Waals surface area contributed by atoms with Gasteiger partial charge in [0.15, 0.2) is 0 Å². The molecule has 5 nitrogen and oxygen atoms in total. The zero-order chi connectivity index (χ0) is 16.3. The van der Waals surface area contributed by atoms with E-state index in [0.717, 1.165) is 21.4 Å². The number of hydrogen-bond acceptors (Lipinski definition) is 4. The fourth-order valence-corrected chi connectivity index (χ4v) is 3.30. The minimum atomic E-state index is -0.993. The monoisotopic (exact) mass is 382 g/mol. The summed E-state index contributed by atoms with van der Waals surface area (Å²) in [5, 5.41) is 12.5. The molecule has 7 heteroatoms. The maximum atomic E-state index is 12.1. The highest BCUT2D eigenvalue weighted by molar-refractivity contribution is 9.10. The third-order valence-electron chi connectivity index (χ3n) is 3.06. The van der Waals surface area contributed by atoms with E-state index in [9.17, 15) is 9.59 Å². The average Bonchev–Trinajstić information content (AvgIpc) is 2.83. The van der Waals surface area contributed by atoms with E-state index in [2.05, 4.69) is 26.2 Å². The lowest BCUT2D eigenvalue weighted by Crippen LogP contribution is -2.28. The molecule has 2 N–H and O–H groups in total. The Morgan fingerprint density at radius 1 is 1.41 bits per heavy atom. The molecule has 1 aromatic carbocycles. The third kappa shape index (κ3) is 3.92. The summed E-state index contributed by atoms with van der Waals surface area (Å²) in [4.78, 5) is 27.6. The van der Waals surface area contributed by atoms with E-state index in [1.807, 2.05) is 24.3 Å². The van der Waals surface area contributed by atoms with Crippen LogP contribution in [0, 0.1) is 6.92 Å². The predicted octanol–water partition coefficient (Wildman–Crippen LogP) is 3.33. The van der Waals surface area contributed by atoms with E-state index < -0.39 is 5.97 Å². The molecular weight excluding hydrogens is 368 g/mol. The molecule has 0 saturated carbocycles. The van der Waals surface area contributed by atoms with Crippen LogP contribution >= 0.6 is 27.3 Å². The zero-order valence-electron chi connectivity index (χ0n) is 12.1. The number of carboxylic acids is 1. The summed E-state index contributed by atoms with van der Waals surface area (Å²) in [6.07, 6.45) is 0.252. The largest absolute Gasteiger partial charge is 0.477 e. The van der Waals surface area contributed by atoms with Crippen LogP contribution in [0.1, 0.15) is 38.9 Å². The smallest absolute Gasteiger partial charge is 0.347 e. The van der Waals surface area contributed by atoms with Gasteiger partial charge in [-0.05, 0) is 25.5 Å². The van der Waals surface area contributed by atoms with Crippen molar-refractivity contribution in [3.05, 3.63) is 49.9 Å². The number of amides is 1. The molecule has 2 rings (SSSR count). The van der Waals surface area contributed by atoms with Crippen LogP contribution in [0.5, 0.6) is 0 Å². The van der Waals surface area contributed by atoms with Gasteiger partial charge in [0, 0.05) is 4.47 Å². The molecule has 22 heavy (non-hydrogen) atoms. The van der Waals surface area contributed by atoms with Crippen LogP contribution in [0.2, 0.25) is 0 Å². The Kier molecular flexibility index (Phi) is 5.31. The fourth-order valence-electron chi connectivity index (χ4n) is 1.97. The Morgan fingerprint density at radius 2 is 2.09 bits per heavy atom. The minimum absolute atomic E-state index is 0.135. The number of halogens is 1. The molecule has 0 fully saturated rings. The lowest BCUT2D eigenvalue weighted by atomic mass is 10.1. The molecule has 1 aromatic heterocycles. The number of carbonyl (C=O) groups is 2. The number of carbonyl (C=O) groups excluding carboxylic acids is 1. The SMILES string of the molecule is Cc1nc(C(C)NC(=O)Cc2ccccc2Br)sc1C(=O)O. The molecule has 0 saturated heterocycles. The van der Waals surface area contributed by atoms with E-state index in [-0.39, 0.29) is 23.2 Å². The van der Waals surface area contributed by atoms with Crippen LogP contribution in [0.15, 0.2) is 28.7 Å². The Morgan fingerprint density at radius 3 is 2.68 bits per heavy atom. The van der Waals surface area contributed by atoms with E-state index in [1.165, 1.54) is 0 Å². The topological polar surface area (TPSA) is 79.3 Å². The highest BCUT2D eigenvalue weighted by Crippen LogP contribution is 2.24. The molecule has 0 aliphatic rings. The molecule has 0 aliphatic heterocycles. The number of aromatic carboxylic acids is 1. The summed E-state index contributed by atoms with van der Waals surface area (Å²) in [6, 6.07) is 7.20. The highest BCUT2D eigenvalue weighted by Gasteiger charge is 2.19. The predicted molar refractivity (Wildman–Crippen MR) is 88.2 cm³/mol. The van der Waals surface area contributed by atoms with Gasteiger partial charge in [-0.1, -0.05) is 34.1 Å². The molecule has 0 bridgehead atoms. The molecule has 0 aliphatic carbocycles. The number of rotatable bonds is 5. The Balaban J connectivity index is 2.04.